The van der Waals surface area contributed by atoms with Crippen molar-refractivity contribution in [2.75, 3.05) is 0 Å². The highest BCUT2D eigenvalue weighted by Gasteiger charge is 2.29. The first kappa shape index (κ1) is 16.8. The lowest BCUT2D eigenvalue weighted by atomic mass is 9.97. The molecule has 3 aromatic carbocycles. The molecule has 0 aliphatic carbocycles. The molecule has 3 nitrogen and oxygen atoms in total. The van der Waals surface area contributed by atoms with Crippen molar-refractivity contribution >= 4 is 38.2 Å². The van der Waals surface area contributed by atoms with Gasteiger partial charge in [0.1, 0.15) is 5.75 Å². The molecular weight excluding hydrogens is 368 g/mol. The molecule has 0 saturated heterocycles. The lowest BCUT2D eigenvalue weighted by Gasteiger charge is -2.04. The normalized spacial score (nSPS) is 11.7. The third-order valence-corrected chi connectivity index (χ3v) is 6.05. The Hall–Kier alpha value is -2.66. The SMILES string of the molecule is O=C(c1ccc(O)cc1)c1c(-c2ccc(Cl)cc2)[s+]([O-])c2ccccc12. The van der Waals surface area contributed by atoms with Gasteiger partial charge in [-0.25, -0.2) is 0 Å². The second-order valence-corrected chi connectivity index (χ2v) is 7.67. The monoisotopic (exact) mass is 380 g/mol. The molecule has 0 fully saturated rings. The van der Waals surface area contributed by atoms with Gasteiger partial charge in [0.25, 0.3) is 0 Å². The van der Waals surface area contributed by atoms with Crippen molar-refractivity contribution in [1.82, 2.24) is 0 Å². The summed E-state index contributed by atoms with van der Waals surface area (Å²) in [5, 5.41) is 10.7. The Morgan fingerprint density at radius 1 is 0.923 bits per heavy atom. The number of carbonyl (C=O) groups excluding carboxylic acids is 1. The average molecular weight is 381 g/mol. The van der Waals surface area contributed by atoms with Gasteiger partial charge >= 0.3 is 0 Å². The lowest BCUT2D eigenvalue weighted by molar-refractivity contribution is 0.104. The maximum Gasteiger partial charge on any atom is 0.199 e. The predicted molar refractivity (Wildman–Crippen MR) is 105 cm³/mol. The second kappa shape index (κ2) is 6.57. The molecule has 0 radical (unpaired) electrons. The number of thiophene rings is 1. The summed E-state index contributed by atoms with van der Waals surface area (Å²) in [6, 6.07) is 20.2. The number of rotatable bonds is 3. The molecule has 1 N–H and O–H groups in total. The molecule has 0 saturated carbocycles. The first-order valence-corrected chi connectivity index (χ1v) is 9.44. The van der Waals surface area contributed by atoms with E-state index in [1.54, 1.807) is 42.5 Å². The smallest absolute Gasteiger partial charge is 0.199 e. The zero-order valence-electron chi connectivity index (χ0n) is 13.5. The van der Waals surface area contributed by atoms with Gasteiger partial charge in [0.05, 0.1) is 10.9 Å². The molecule has 0 spiro atoms. The second-order valence-electron chi connectivity index (χ2n) is 5.85. The molecule has 0 bridgehead atoms. The molecule has 1 heterocycles. The van der Waals surface area contributed by atoms with E-state index in [0.717, 1.165) is 0 Å². The minimum absolute atomic E-state index is 0.0869. The highest BCUT2D eigenvalue weighted by Crippen LogP contribution is 2.45. The quantitative estimate of drug-likeness (QED) is 0.359. The molecule has 1 atom stereocenters. The van der Waals surface area contributed by atoms with Crippen molar-refractivity contribution in [3.63, 3.8) is 0 Å². The number of phenols is 1. The van der Waals surface area contributed by atoms with Crippen molar-refractivity contribution in [2.24, 2.45) is 0 Å². The summed E-state index contributed by atoms with van der Waals surface area (Å²) >= 11 is 5.97. The summed E-state index contributed by atoms with van der Waals surface area (Å²) < 4.78 is 13.7. The van der Waals surface area contributed by atoms with Crippen LogP contribution < -0.4 is 0 Å². The molecule has 0 aliphatic heterocycles. The standard InChI is InChI=1S/C21H13ClO3S/c22-15-9-5-14(6-10-15)21-19(17-3-1-2-4-18(17)26(21)25)20(24)13-7-11-16(23)12-8-13/h1-12,23H. The fourth-order valence-electron chi connectivity index (χ4n) is 3.00. The Morgan fingerprint density at radius 2 is 1.58 bits per heavy atom. The van der Waals surface area contributed by atoms with Gasteiger partial charge in [-0.05, 0) is 71.4 Å². The van der Waals surface area contributed by atoms with E-state index >= 15 is 0 Å². The molecule has 26 heavy (non-hydrogen) atoms. The maximum absolute atomic E-state index is 13.2. The van der Waals surface area contributed by atoms with Crippen LogP contribution in [0.25, 0.3) is 20.5 Å². The van der Waals surface area contributed by atoms with E-state index in [2.05, 4.69) is 0 Å². The molecular formula is C21H13ClO3S. The van der Waals surface area contributed by atoms with Gasteiger partial charge in [0.2, 0.25) is 0 Å². The van der Waals surface area contributed by atoms with Crippen molar-refractivity contribution in [1.29, 1.82) is 0 Å². The number of hydrogen-bond donors (Lipinski definition) is 1. The van der Waals surface area contributed by atoms with Crippen LogP contribution in [0.1, 0.15) is 15.9 Å². The van der Waals surface area contributed by atoms with E-state index in [1.807, 2.05) is 18.2 Å². The number of fused-ring (bicyclic) bond motifs is 1. The highest BCUT2D eigenvalue weighted by atomic mass is 35.5. The molecule has 0 aliphatic rings. The van der Waals surface area contributed by atoms with Gasteiger partial charge in [-0.2, -0.15) is 0 Å². The fraction of sp³-hybridized carbons (Fsp3) is 0. The van der Waals surface area contributed by atoms with Crippen molar-refractivity contribution in [3.05, 3.63) is 88.9 Å². The number of phenolic OH excluding ortho intramolecular Hbond substituents is 1. The van der Waals surface area contributed by atoms with E-state index in [4.69, 9.17) is 11.6 Å². The molecule has 4 rings (SSSR count). The molecule has 1 unspecified atom stereocenters. The van der Waals surface area contributed by atoms with Crippen LogP contribution in [-0.2, 0) is 0 Å². The van der Waals surface area contributed by atoms with Gasteiger partial charge < -0.3 is 9.66 Å². The largest absolute Gasteiger partial charge is 0.590 e. The van der Waals surface area contributed by atoms with Crippen LogP contribution in [0.15, 0.2) is 72.8 Å². The van der Waals surface area contributed by atoms with Crippen molar-refractivity contribution in [3.8, 4) is 16.2 Å². The van der Waals surface area contributed by atoms with Gasteiger partial charge in [0, 0.05) is 16.1 Å². The molecule has 4 aromatic rings. The number of benzene rings is 3. The molecule has 1 aromatic heterocycles. The Bertz CT molecular complexity index is 1110. The minimum Gasteiger partial charge on any atom is -0.590 e. The van der Waals surface area contributed by atoms with Crippen LogP contribution in [-0.4, -0.2) is 15.4 Å². The number of aromatic hydroxyl groups is 1. The Morgan fingerprint density at radius 3 is 2.27 bits per heavy atom. The van der Waals surface area contributed by atoms with Crippen molar-refractivity contribution in [2.45, 2.75) is 0 Å². The summed E-state index contributed by atoms with van der Waals surface area (Å²) in [7, 11) is -1.46. The maximum atomic E-state index is 13.2. The number of hydrogen-bond acceptors (Lipinski definition) is 3. The van der Waals surface area contributed by atoms with E-state index < -0.39 is 10.8 Å². The van der Waals surface area contributed by atoms with Crippen molar-refractivity contribution < 1.29 is 14.5 Å². The number of carbonyl (C=O) groups is 1. The Labute approximate surface area is 157 Å². The van der Waals surface area contributed by atoms with Gasteiger partial charge in [-0.15, -0.1) is 0 Å². The average Bonchev–Trinajstić information content (AvgIpc) is 2.95. The van der Waals surface area contributed by atoms with Crippen LogP contribution in [0.4, 0.5) is 0 Å². The number of halogens is 1. The van der Waals surface area contributed by atoms with Gasteiger partial charge in [-0.1, -0.05) is 23.7 Å². The summed E-state index contributed by atoms with van der Waals surface area (Å²) in [4.78, 5) is 13.7. The fourth-order valence-corrected chi connectivity index (χ4v) is 4.65. The van der Waals surface area contributed by atoms with Crippen LogP contribution in [0.3, 0.4) is 0 Å². The third-order valence-electron chi connectivity index (χ3n) is 4.23. The van der Waals surface area contributed by atoms with Crippen LogP contribution in [0.5, 0.6) is 5.75 Å². The zero-order chi connectivity index (χ0) is 18.3. The summed E-state index contributed by atoms with van der Waals surface area (Å²) in [5.74, 6) is -0.142. The molecule has 128 valence electrons. The first-order chi connectivity index (χ1) is 12.6. The van der Waals surface area contributed by atoms with E-state index in [0.29, 0.717) is 36.7 Å². The summed E-state index contributed by atoms with van der Waals surface area (Å²) in [6.07, 6.45) is 0. The minimum atomic E-state index is -1.46. The summed E-state index contributed by atoms with van der Waals surface area (Å²) in [5.41, 5.74) is 1.55. The van der Waals surface area contributed by atoms with E-state index in [-0.39, 0.29) is 11.5 Å². The highest BCUT2D eigenvalue weighted by molar-refractivity contribution is 7.35. The van der Waals surface area contributed by atoms with Gasteiger partial charge in [0.15, 0.2) is 15.4 Å². The van der Waals surface area contributed by atoms with Crippen LogP contribution in [0.2, 0.25) is 5.02 Å². The summed E-state index contributed by atoms with van der Waals surface area (Å²) in [6.45, 7) is 0. The molecule has 0 amide bonds. The van der Waals surface area contributed by atoms with Crippen LogP contribution >= 0.6 is 22.4 Å². The van der Waals surface area contributed by atoms with Gasteiger partial charge in [-0.3, -0.25) is 4.79 Å². The Kier molecular flexibility index (Phi) is 4.24. The van der Waals surface area contributed by atoms with Crippen LogP contribution in [0, 0.1) is 0 Å². The zero-order valence-corrected chi connectivity index (χ0v) is 15.1. The lowest BCUT2D eigenvalue weighted by Crippen LogP contribution is -2.02. The van der Waals surface area contributed by atoms with E-state index in [9.17, 15) is 14.5 Å². The first-order valence-electron chi connectivity index (χ1n) is 7.91. The van der Waals surface area contributed by atoms with E-state index in [1.165, 1.54) is 12.1 Å². The molecule has 5 heteroatoms. The third kappa shape index (κ3) is 2.78. The Balaban J connectivity index is 2.00. The number of ketones is 1. The predicted octanol–water partition coefficient (Wildman–Crippen LogP) is 5.82. The topological polar surface area (TPSA) is 60.4 Å².